The average molecular weight is 273 g/mol. The minimum Gasteiger partial charge on any atom is -0.377 e. The van der Waals surface area contributed by atoms with Crippen LogP contribution in [-0.4, -0.2) is 16.4 Å². The van der Waals surface area contributed by atoms with Crippen molar-refractivity contribution in [2.24, 2.45) is 7.05 Å². The van der Waals surface area contributed by atoms with Crippen molar-refractivity contribution < 1.29 is 4.74 Å². The number of rotatable bonds is 9. The summed E-state index contributed by atoms with van der Waals surface area (Å²) in [5, 5.41) is 4.95. The molecule has 0 aliphatic rings. The summed E-state index contributed by atoms with van der Waals surface area (Å²) in [4.78, 5) is 0. The van der Waals surface area contributed by atoms with Gasteiger partial charge >= 0.3 is 0 Å². The molecule has 0 spiro atoms. The molecule has 0 aliphatic carbocycles. The van der Waals surface area contributed by atoms with Crippen LogP contribution >= 0.6 is 11.6 Å². The van der Waals surface area contributed by atoms with Gasteiger partial charge in [-0.2, -0.15) is 5.10 Å². The van der Waals surface area contributed by atoms with E-state index in [-0.39, 0.29) is 0 Å². The van der Waals surface area contributed by atoms with E-state index in [1.165, 1.54) is 32.1 Å². The van der Waals surface area contributed by atoms with E-state index in [0.717, 1.165) is 24.3 Å². The zero-order chi connectivity index (χ0) is 13.4. The normalized spacial score (nSPS) is 11.1. The molecule has 0 radical (unpaired) electrons. The monoisotopic (exact) mass is 272 g/mol. The molecule has 0 amide bonds. The largest absolute Gasteiger partial charge is 0.377 e. The van der Waals surface area contributed by atoms with Gasteiger partial charge in [-0.15, -0.1) is 0 Å². The van der Waals surface area contributed by atoms with Gasteiger partial charge in [-0.25, -0.2) is 0 Å². The van der Waals surface area contributed by atoms with Gasteiger partial charge in [0.15, 0.2) is 0 Å². The lowest BCUT2D eigenvalue weighted by Gasteiger charge is -2.04. The van der Waals surface area contributed by atoms with E-state index in [1.54, 1.807) is 4.68 Å². The second-order valence-electron chi connectivity index (χ2n) is 4.80. The molecule has 1 aromatic rings. The molecule has 0 atom stereocenters. The Kier molecular flexibility index (Phi) is 7.36. The van der Waals surface area contributed by atoms with Gasteiger partial charge in [0.2, 0.25) is 0 Å². The van der Waals surface area contributed by atoms with Crippen LogP contribution in [0.2, 0.25) is 5.15 Å². The highest BCUT2D eigenvalue weighted by Gasteiger charge is 2.10. The standard InChI is InChI=1S/C14H25ClN2O/c1-4-5-6-7-8-9-10-18-11-13-12(2)16-17(3)14(13)15/h4-11H2,1-3H3. The zero-order valence-corrected chi connectivity index (χ0v) is 12.6. The van der Waals surface area contributed by atoms with Crippen molar-refractivity contribution in [2.75, 3.05) is 6.61 Å². The van der Waals surface area contributed by atoms with Crippen LogP contribution in [0.3, 0.4) is 0 Å². The van der Waals surface area contributed by atoms with Crippen molar-refractivity contribution in [3.05, 3.63) is 16.4 Å². The molecule has 4 heteroatoms. The number of hydrogen-bond donors (Lipinski definition) is 0. The molecule has 104 valence electrons. The lowest BCUT2D eigenvalue weighted by Crippen LogP contribution is -1.97. The van der Waals surface area contributed by atoms with Crippen molar-refractivity contribution in [2.45, 2.75) is 59.0 Å². The fourth-order valence-corrected chi connectivity index (χ4v) is 2.23. The number of hydrogen-bond acceptors (Lipinski definition) is 2. The van der Waals surface area contributed by atoms with Gasteiger partial charge in [0.25, 0.3) is 0 Å². The summed E-state index contributed by atoms with van der Waals surface area (Å²) in [5.74, 6) is 0. The van der Waals surface area contributed by atoms with E-state index >= 15 is 0 Å². The molecule has 3 nitrogen and oxygen atoms in total. The van der Waals surface area contributed by atoms with Crippen LogP contribution in [0.25, 0.3) is 0 Å². The van der Waals surface area contributed by atoms with Crippen molar-refractivity contribution in [1.29, 1.82) is 0 Å². The lowest BCUT2D eigenvalue weighted by molar-refractivity contribution is 0.116. The molecule has 0 unspecified atom stereocenters. The molecule has 18 heavy (non-hydrogen) atoms. The highest BCUT2D eigenvalue weighted by Crippen LogP contribution is 2.19. The molecule has 1 aromatic heterocycles. The van der Waals surface area contributed by atoms with Crippen LogP contribution in [0.4, 0.5) is 0 Å². The summed E-state index contributed by atoms with van der Waals surface area (Å²) in [6.45, 7) is 5.60. The minimum absolute atomic E-state index is 0.577. The van der Waals surface area contributed by atoms with Crippen molar-refractivity contribution in [3.63, 3.8) is 0 Å². The smallest absolute Gasteiger partial charge is 0.132 e. The van der Waals surface area contributed by atoms with Crippen LogP contribution in [-0.2, 0) is 18.4 Å². The molecule has 0 aliphatic heterocycles. The average Bonchev–Trinajstić information content (AvgIpc) is 2.58. The number of halogens is 1. The fraction of sp³-hybridized carbons (Fsp3) is 0.786. The highest BCUT2D eigenvalue weighted by molar-refractivity contribution is 6.30. The van der Waals surface area contributed by atoms with Crippen molar-refractivity contribution >= 4 is 11.6 Å². The van der Waals surface area contributed by atoms with Crippen molar-refractivity contribution in [1.82, 2.24) is 9.78 Å². The van der Waals surface area contributed by atoms with Gasteiger partial charge in [-0.3, -0.25) is 4.68 Å². The van der Waals surface area contributed by atoms with Gasteiger partial charge in [-0.1, -0.05) is 50.6 Å². The predicted molar refractivity (Wildman–Crippen MR) is 76.0 cm³/mol. The van der Waals surface area contributed by atoms with Gasteiger partial charge < -0.3 is 4.74 Å². The first-order valence-corrected chi connectivity index (χ1v) is 7.30. The Bertz CT molecular complexity index is 350. The molecule has 0 N–H and O–H groups in total. The summed E-state index contributed by atoms with van der Waals surface area (Å²) in [5.41, 5.74) is 1.98. The maximum atomic E-state index is 6.13. The fourth-order valence-electron chi connectivity index (χ4n) is 2.00. The molecule has 0 saturated heterocycles. The maximum Gasteiger partial charge on any atom is 0.132 e. The number of ether oxygens (including phenoxy) is 1. The maximum absolute atomic E-state index is 6.13. The Morgan fingerprint density at radius 3 is 2.44 bits per heavy atom. The topological polar surface area (TPSA) is 27.1 Å². The Labute approximate surface area is 115 Å². The molecule has 0 saturated carbocycles. The van der Waals surface area contributed by atoms with Gasteiger partial charge in [0, 0.05) is 19.2 Å². The molecule has 1 rings (SSSR count). The first-order chi connectivity index (χ1) is 8.66. The van der Waals surface area contributed by atoms with E-state index in [1.807, 2.05) is 14.0 Å². The summed E-state index contributed by atoms with van der Waals surface area (Å²) >= 11 is 6.13. The lowest BCUT2D eigenvalue weighted by atomic mass is 10.1. The molecule has 1 heterocycles. The van der Waals surface area contributed by atoms with E-state index in [2.05, 4.69) is 12.0 Å². The van der Waals surface area contributed by atoms with Gasteiger partial charge in [0.1, 0.15) is 5.15 Å². The number of nitrogens with zero attached hydrogens (tertiary/aromatic N) is 2. The van der Waals surface area contributed by atoms with Crippen LogP contribution in [0.15, 0.2) is 0 Å². The third kappa shape index (κ3) is 4.99. The number of aryl methyl sites for hydroxylation is 2. The number of unbranched alkanes of at least 4 members (excludes halogenated alkanes) is 5. The Balaban J connectivity index is 2.11. The van der Waals surface area contributed by atoms with E-state index in [4.69, 9.17) is 16.3 Å². The second kappa shape index (κ2) is 8.54. The summed E-state index contributed by atoms with van der Waals surface area (Å²) in [6, 6.07) is 0. The second-order valence-corrected chi connectivity index (χ2v) is 5.16. The Hall–Kier alpha value is -0.540. The number of aromatic nitrogens is 2. The molecular formula is C14H25ClN2O. The zero-order valence-electron chi connectivity index (χ0n) is 11.8. The summed E-state index contributed by atoms with van der Waals surface area (Å²) < 4.78 is 7.36. The highest BCUT2D eigenvalue weighted by atomic mass is 35.5. The first kappa shape index (κ1) is 15.5. The predicted octanol–water partition coefficient (Wildman–Crippen LogP) is 4.26. The molecule has 0 aromatic carbocycles. The van der Waals surface area contributed by atoms with Gasteiger partial charge in [-0.05, 0) is 13.3 Å². The SMILES string of the molecule is CCCCCCCCOCc1c(C)nn(C)c1Cl. The Morgan fingerprint density at radius 2 is 1.83 bits per heavy atom. The van der Waals surface area contributed by atoms with E-state index in [0.29, 0.717) is 11.8 Å². The quantitative estimate of drug-likeness (QED) is 0.628. The van der Waals surface area contributed by atoms with Crippen LogP contribution in [0.5, 0.6) is 0 Å². The van der Waals surface area contributed by atoms with Crippen molar-refractivity contribution in [3.8, 4) is 0 Å². The Morgan fingerprint density at radius 1 is 1.17 bits per heavy atom. The van der Waals surface area contributed by atoms with Crippen LogP contribution in [0, 0.1) is 6.92 Å². The third-order valence-electron chi connectivity index (χ3n) is 3.16. The van der Waals surface area contributed by atoms with Crippen LogP contribution < -0.4 is 0 Å². The van der Waals surface area contributed by atoms with E-state index in [9.17, 15) is 0 Å². The molecular weight excluding hydrogens is 248 g/mol. The molecule has 0 fully saturated rings. The van der Waals surface area contributed by atoms with Gasteiger partial charge in [0.05, 0.1) is 12.3 Å². The van der Waals surface area contributed by atoms with Crippen LogP contribution in [0.1, 0.15) is 56.7 Å². The third-order valence-corrected chi connectivity index (χ3v) is 3.63. The summed E-state index contributed by atoms with van der Waals surface area (Å²) in [6.07, 6.45) is 7.73. The first-order valence-electron chi connectivity index (χ1n) is 6.92. The van der Waals surface area contributed by atoms with E-state index < -0.39 is 0 Å². The summed E-state index contributed by atoms with van der Waals surface area (Å²) in [7, 11) is 1.85. The minimum atomic E-state index is 0.577. The molecule has 0 bridgehead atoms.